The first-order chi connectivity index (χ1) is 9.36. The molecule has 0 saturated carbocycles. The fourth-order valence-corrected chi connectivity index (χ4v) is 3.21. The van der Waals surface area contributed by atoms with Crippen LogP contribution in [-0.2, 0) is 19.6 Å². The summed E-state index contributed by atoms with van der Waals surface area (Å²) in [7, 11) is 0. The molecule has 1 aromatic carbocycles. The smallest absolute Gasteiger partial charge is 0.186 e. The Morgan fingerprint density at radius 3 is 2.68 bits per heavy atom. The van der Waals surface area contributed by atoms with Gasteiger partial charge in [0.2, 0.25) is 0 Å². The van der Waals surface area contributed by atoms with E-state index in [0.717, 1.165) is 37.0 Å². The predicted molar refractivity (Wildman–Crippen MR) is 80.4 cm³/mol. The minimum Gasteiger partial charge on any atom is -0.339 e. The molecule has 0 aliphatic carbocycles. The second-order valence-electron chi connectivity index (χ2n) is 4.92. The van der Waals surface area contributed by atoms with Crippen LogP contribution >= 0.6 is 11.3 Å². The van der Waals surface area contributed by atoms with Gasteiger partial charge >= 0.3 is 0 Å². The van der Waals surface area contributed by atoms with Gasteiger partial charge in [0.15, 0.2) is 5.13 Å². The van der Waals surface area contributed by atoms with E-state index in [4.69, 9.17) is 4.98 Å². The fourth-order valence-electron chi connectivity index (χ4n) is 2.38. The quantitative estimate of drug-likeness (QED) is 0.848. The van der Waals surface area contributed by atoms with E-state index in [1.807, 2.05) is 0 Å². The van der Waals surface area contributed by atoms with E-state index in [1.54, 1.807) is 11.3 Å². The van der Waals surface area contributed by atoms with Crippen LogP contribution in [0.15, 0.2) is 29.6 Å². The molecule has 0 radical (unpaired) electrons. The van der Waals surface area contributed by atoms with Crippen LogP contribution in [-0.4, -0.2) is 11.5 Å². The van der Waals surface area contributed by atoms with Gasteiger partial charge in [0.1, 0.15) is 0 Å². The Balaban J connectivity index is 1.65. The van der Waals surface area contributed by atoms with Gasteiger partial charge in [0.25, 0.3) is 0 Å². The van der Waals surface area contributed by atoms with Gasteiger partial charge in [-0.25, -0.2) is 4.98 Å². The van der Waals surface area contributed by atoms with E-state index in [2.05, 4.69) is 46.8 Å². The van der Waals surface area contributed by atoms with Crippen molar-refractivity contribution in [1.29, 1.82) is 0 Å². The molecule has 0 amide bonds. The average Bonchev–Trinajstić information content (AvgIpc) is 3.04. The Bertz CT molecular complexity index is 525. The summed E-state index contributed by atoms with van der Waals surface area (Å²) < 4.78 is 0. The molecule has 0 unspecified atom stereocenters. The second-order valence-corrected chi connectivity index (χ2v) is 5.76. The first-order valence-corrected chi connectivity index (χ1v) is 7.71. The summed E-state index contributed by atoms with van der Waals surface area (Å²) in [6.45, 7) is 6.10. The molecule has 0 bridgehead atoms. The molecular formula is C15H19N3S. The number of benzene rings is 1. The van der Waals surface area contributed by atoms with Crippen molar-refractivity contribution < 1.29 is 0 Å². The van der Waals surface area contributed by atoms with E-state index in [1.165, 1.54) is 17.5 Å². The van der Waals surface area contributed by atoms with Crippen LogP contribution < -0.4 is 10.2 Å². The number of fused-ring (bicyclic) bond motifs is 1. The van der Waals surface area contributed by atoms with Gasteiger partial charge in [-0.3, -0.25) is 0 Å². The van der Waals surface area contributed by atoms with Gasteiger partial charge < -0.3 is 10.2 Å². The monoisotopic (exact) mass is 273 g/mol. The van der Waals surface area contributed by atoms with Crippen LogP contribution in [0.5, 0.6) is 0 Å². The Morgan fingerprint density at radius 2 is 2.00 bits per heavy atom. The molecule has 1 N–H and O–H groups in total. The second kappa shape index (κ2) is 5.72. The van der Waals surface area contributed by atoms with Gasteiger partial charge in [0, 0.05) is 25.0 Å². The zero-order valence-electron chi connectivity index (χ0n) is 11.2. The number of nitrogens with zero attached hydrogens (tertiary/aromatic N) is 2. The van der Waals surface area contributed by atoms with Crippen LogP contribution in [0.1, 0.15) is 30.2 Å². The van der Waals surface area contributed by atoms with Crippen molar-refractivity contribution in [2.24, 2.45) is 0 Å². The van der Waals surface area contributed by atoms with Gasteiger partial charge in [-0.05, 0) is 24.1 Å². The first-order valence-electron chi connectivity index (χ1n) is 6.83. The third-order valence-electron chi connectivity index (χ3n) is 3.38. The molecule has 1 aliphatic heterocycles. The lowest BCUT2D eigenvalue weighted by molar-refractivity contribution is 0.666. The zero-order valence-corrected chi connectivity index (χ0v) is 12.0. The third kappa shape index (κ3) is 2.80. The highest BCUT2D eigenvalue weighted by molar-refractivity contribution is 7.13. The molecule has 2 aromatic rings. The highest BCUT2D eigenvalue weighted by Crippen LogP contribution is 2.30. The molecule has 100 valence electrons. The number of thiazole rings is 1. The molecule has 0 saturated heterocycles. The van der Waals surface area contributed by atoms with Crippen molar-refractivity contribution in [3.63, 3.8) is 0 Å². The van der Waals surface area contributed by atoms with Gasteiger partial charge in [-0.1, -0.05) is 31.2 Å². The molecule has 4 heteroatoms. The average molecular weight is 273 g/mol. The molecule has 0 spiro atoms. The highest BCUT2D eigenvalue weighted by atomic mass is 32.1. The summed E-state index contributed by atoms with van der Waals surface area (Å²) in [6, 6.07) is 8.66. The van der Waals surface area contributed by atoms with Crippen molar-refractivity contribution >= 4 is 16.5 Å². The van der Waals surface area contributed by atoms with Crippen molar-refractivity contribution in [1.82, 2.24) is 10.3 Å². The fraction of sp³-hybridized carbons (Fsp3) is 0.400. The van der Waals surface area contributed by atoms with E-state index in [9.17, 15) is 0 Å². The molecule has 1 aromatic heterocycles. The lowest BCUT2D eigenvalue weighted by Gasteiger charge is -2.12. The Labute approximate surface area is 118 Å². The van der Waals surface area contributed by atoms with Gasteiger partial charge in [0.05, 0.1) is 5.69 Å². The number of nitrogens with one attached hydrogen (secondary N) is 1. The zero-order chi connectivity index (χ0) is 13.1. The Kier molecular flexibility index (Phi) is 3.80. The summed E-state index contributed by atoms with van der Waals surface area (Å²) in [6.07, 6.45) is 1.17. The standard InChI is InChI=1S/C15H19N3S/c1-2-7-16-8-14-11-19-15(17-14)18-9-12-5-3-4-6-13(12)10-18/h3-6,11,16H,2,7-10H2,1H3. The number of hydrogen-bond donors (Lipinski definition) is 1. The molecule has 2 heterocycles. The molecule has 0 atom stereocenters. The van der Waals surface area contributed by atoms with Crippen molar-refractivity contribution in [2.75, 3.05) is 11.4 Å². The van der Waals surface area contributed by atoms with E-state index >= 15 is 0 Å². The molecule has 0 fully saturated rings. The SMILES string of the molecule is CCCNCc1csc(N2Cc3ccccc3C2)n1. The molecule has 19 heavy (non-hydrogen) atoms. The number of anilines is 1. The molecular weight excluding hydrogens is 254 g/mol. The van der Waals surface area contributed by atoms with Crippen LogP contribution in [0.3, 0.4) is 0 Å². The number of aromatic nitrogens is 1. The molecule has 3 rings (SSSR count). The normalized spacial score (nSPS) is 13.8. The van der Waals surface area contributed by atoms with Gasteiger partial charge in [-0.15, -0.1) is 11.3 Å². The Morgan fingerprint density at radius 1 is 1.26 bits per heavy atom. The van der Waals surface area contributed by atoms with Crippen LogP contribution in [0.2, 0.25) is 0 Å². The number of rotatable bonds is 5. The molecule has 1 aliphatic rings. The first kappa shape index (κ1) is 12.6. The molecule has 3 nitrogen and oxygen atoms in total. The van der Waals surface area contributed by atoms with Crippen LogP contribution in [0.4, 0.5) is 5.13 Å². The van der Waals surface area contributed by atoms with Gasteiger partial charge in [-0.2, -0.15) is 0 Å². The van der Waals surface area contributed by atoms with E-state index in [-0.39, 0.29) is 0 Å². The van der Waals surface area contributed by atoms with E-state index in [0.29, 0.717) is 0 Å². The summed E-state index contributed by atoms with van der Waals surface area (Å²) in [5.74, 6) is 0. The third-order valence-corrected chi connectivity index (χ3v) is 4.33. The topological polar surface area (TPSA) is 28.2 Å². The minimum atomic E-state index is 0.880. The number of hydrogen-bond acceptors (Lipinski definition) is 4. The highest BCUT2D eigenvalue weighted by Gasteiger charge is 2.20. The van der Waals surface area contributed by atoms with E-state index < -0.39 is 0 Å². The predicted octanol–water partition coefficient (Wildman–Crippen LogP) is 3.16. The maximum atomic E-state index is 4.73. The lowest BCUT2D eigenvalue weighted by Crippen LogP contribution is -2.16. The lowest BCUT2D eigenvalue weighted by atomic mass is 10.1. The Hall–Kier alpha value is -1.39. The summed E-state index contributed by atoms with van der Waals surface area (Å²) in [5, 5.41) is 6.71. The van der Waals surface area contributed by atoms with Crippen molar-refractivity contribution in [3.8, 4) is 0 Å². The summed E-state index contributed by atoms with van der Waals surface area (Å²) in [5.41, 5.74) is 4.02. The minimum absolute atomic E-state index is 0.880. The largest absolute Gasteiger partial charge is 0.339 e. The maximum absolute atomic E-state index is 4.73. The summed E-state index contributed by atoms with van der Waals surface area (Å²) >= 11 is 1.75. The van der Waals surface area contributed by atoms with Crippen LogP contribution in [0, 0.1) is 0 Å². The summed E-state index contributed by atoms with van der Waals surface area (Å²) in [4.78, 5) is 7.09. The van der Waals surface area contributed by atoms with Crippen LogP contribution in [0.25, 0.3) is 0 Å². The van der Waals surface area contributed by atoms with Crippen molar-refractivity contribution in [3.05, 3.63) is 46.5 Å². The maximum Gasteiger partial charge on any atom is 0.186 e. The van der Waals surface area contributed by atoms with Crippen molar-refractivity contribution in [2.45, 2.75) is 33.0 Å².